The molecular weight excluding hydrogens is 218 g/mol. The van der Waals surface area contributed by atoms with Gasteiger partial charge in [0.15, 0.2) is 0 Å². The highest BCUT2D eigenvalue weighted by Crippen LogP contribution is 2.13. The van der Waals surface area contributed by atoms with E-state index in [1.54, 1.807) is 23.1 Å². The first-order valence-electron chi connectivity index (χ1n) is 5.73. The molecule has 0 radical (unpaired) electrons. The summed E-state index contributed by atoms with van der Waals surface area (Å²) in [6.45, 7) is 5.12. The van der Waals surface area contributed by atoms with Gasteiger partial charge >= 0.3 is 0 Å². The minimum absolute atomic E-state index is 0.0590. The second kappa shape index (κ2) is 4.71. The van der Waals surface area contributed by atoms with Crippen LogP contribution in [0.15, 0.2) is 18.2 Å². The van der Waals surface area contributed by atoms with E-state index >= 15 is 0 Å². The van der Waals surface area contributed by atoms with Crippen LogP contribution in [0.4, 0.5) is 5.82 Å². The standard InChI is InChI=1S/C12H17N3O2/c1-8-6-15(7-9(2)17-8)12(16)10-4-3-5-11(13)14-10/h3-5,8-9H,6-7H2,1-2H3,(H2,13,14). The van der Waals surface area contributed by atoms with Crippen molar-refractivity contribution >= 4 is 11.7 Å². The molecule has 1 amide bonds. The summed E-state index contributed by atoms with van der Waals surface area (Å²) in [5.74, 6) is 0.282. The zero-order valence-electron chi connectivity index (χ0n) is 10.1. The molecule has 0 aliphatic carbocycles. The molecule has 2 N–H and O–H groups in total. The van der Waals surface area contributed by atoms with Gasteiger partial charge in [0.1, 0.15) is 11.5 Å². The van der Waals surface area contributed by atoms with Gasteiger partial charge in [-0.1, -0.05) is 6.07 Å². The van der Waals surface area contributed by atoms with Crippen LogP contribution in [0.3, 0.4) is 0 Å². The fourth-order valence-corrected chi connectivity index (χ4v) is 2.08. The zero-order valence-corrected chi connectivity index (χ0v) is 10.1. The molecule has 1 aliphatic heterocycles. The number of carbonyl (C=O) groups excluding carboxylic acids is 1. The van der Waals surface area contributed by atoms with Crippen LogP contribution in [0.1, 0.15) is 24.3 Å². The first-order chi connectivity index (χ1) is 8.06. The summed E-state index contributed by atoms with van der Waals surface area (Å²) < 4.78 is 5.59. The molecule has 1 aliphatic rings. The average molecular weight is 235 g/mol. The van der Waals surface area contributed by atoms with Gasteiger partial charge in [0, 0.05) is 13.1 Å². The Hall–Kier alpha value is -1.62. The summed E-state index contributed by atoms with van der Waals surface area (Å²) in [6, 6.07) is 5.09. The summed E-state index contributed by atoms with van der Waals surface area (Å²) in [5, 5.41) is 0. The number of anilines is 1. The third-order valence-corrected chi connectivity index (χ3v) is 2.70. The fourth-order valence-electron chi connectivity index (χ4n) is 2.08. The number of nitrogens with two attached hydrogens (primary N) is 1. The van der Waals surface area contributed by atoms with Gasteiger partial charge in [-0.3, -0.25) is 4.79 Å². The number of pyridine rings is 1. The SMILES string of the molecule is CC1CN(C(=O)c2cccc(N)n2)CC(C)O1. The molecule has 1 fully saturated rings. The number of nitrogens with zero attached hydrogens (tertiary/aromatic N) is 2. The quantitative estimate of drug-likeness (QED) is 0.785. The van der Waals surface area contributed by atoms with E-state index in [0.717, 1.165) is 0 Å². The Morgan fingerprint density at radius 3 is 2.65 bits per heavy atom. The number of hydrogen-bond donors (Lipinski definition) is 1. The number of rotatable bonds is 1. The molecule has 1 saturated heterocycles. The van der Waals surface area contributed by atoms with Crippen molar-refractivity contribution in [2.75, 3.05) is 18.8 Å². The van der Waals surface area contributed by atoms with E-state index < -0.39 is 0 Å². The molecular formula is C12H17N3O2. The minimum Gasteiger partial charge on any atom is -0.384 e. The van der Waals surface area contributed by atoms with Crippen molar-refractivity contribution in [2.45, 2.75) is 26.1 Å². The summed E-state index contributed by atoms with van der Waals surface area (Å²) in [5.41, 5.74) is 5.97. The fraction of sp³-hybridized carbons (Fsp3) is 0.500. The lowest BCUT2D eigenvalue weighted by Crippen LogP contribution is -2.48. The molecule has 2 rings (SSSR count). The highest BCUT2D eigenvalue weighted by Gasteiger charge is 2.27. The van der Waals surface area contributed by atoms with Crippen molar-refractivity contribution < 1.29 is 9.53 Å². The highest BCUT2D eigenvalue weighted by atomic mass is 16.5. The van der Waals surface area contributed by atoms with Crippen molar-refractivity contribution in [3.63, 3.8) is 0 Å². The van der Waals surface area contributed by atoms with E-state index in [2.05, 4.69) is 4.98 Å². The number of nitrogen functional groups attached to an aromatic ring is 1. The molecule has 1 aromatic rings. The second-order valence-electron chi connectivity index (χ2n) is 4.42. The third kappa shape index (κ3) is 2.74. The summed E-state index contributed by atoms with van der Waals surface area (Å²) in [6.07, 6.45) is 0.118. The van der Waals surface area contributed by atoms with Gasteiger partial charge in [0.05, 0.1) is 12.2 Å². The molecule has 92 valence electrons. The maximum atomic E-state index is 12.2. The molecule has 0 spiro atoms. The Bertz CT molecular complexity index is 412. The van der Waals surface area contributed by atoms with Crippen LogP contribution < -0.4 is 5.73 Å². The van der Waals surface area contributed by atoms with E-state index in [0.29, 0.717) is 24.6 Å². The van der Waals surface area contributed by atoms with Crippen LogP contribution in [-0.2, 0) is 4.74 Å². The van der Waals surface area contributed by atoms with E-state index in [1.165, 1.54) is 0 Å². The molecule has 0 bridgehead atoms. The largest absolute Gasteiger partial charge is 0.384 e. The van der Waals surface area contributed by atoms with Crippen LogP contribution >= 0.6 is 0 Å². The van der Waals surface area contributed by atoms with Crippen molar-refractivity contribution in [3.05, 3.63) is 23.9 Å². The normalized spacial score (nSPS) is 24.7. The zero-order chi connectivity index (χ0) is 12.4. The number of hydrogen-bond acceptors (Lipinski definition) is 4. The predicted octanol–water partition coefficient (Wildman–Crippen LogP) is 0.913. The number of carbonyl (C=O) groups is 1. The maximum Gasteiger partial charge on any atom is 0.272 e. The maximum absolute atomic E-state index is 12.2. The molecule has 1 aromatic heterocycles. The summed E-state index contributed by atoms with van der Waals surface area (Å²) in [7, 11) is 0. The smallest absolute Gasteiger partial charge is 0.272 e. The summed E-state index contributed by atoms with van der Waals surface area (Å²) >= 11 is 0. The average Bonchev–Trinajstić information content (AvgIpc) is 2.26. The Morgan fingerprint density at radius 1 is 1.41 bits per heavy atom. The lowest BCUT2D eigenvalue weighted by molar-refractivity contribution is -0.0587. The van der Waals surface area contributed by atoms with Gasteiger partial charge in [-0.25, -0.2) is 4.98 Å². The van der Waals surface area contributed by atoms with Crippen LogP contribution in [0.2, 0.25) is 0 Å². The van der Waals surface area contributed by atoms with Crippen molar-refractivity contribution in [1.29, 1.82) is 0 Å². The Kier molecular flexibility index (Phi) is 3.28. The number of amides is 1. The molecule has 5 nitrogen and oxygen atoms in total. The Labute approximate surface area is 101 Å². The first-order valence-corrected chi connectivity index (χ1v) is 5.73. The Balaban J connectivity index is 2.14. The number of aromatic nitrogens is 1. The molecule has 2 heterocycles. The summed E-state index contributed by atoms with van der Waals surface area (Å²) in [4.78, 5) is 18.0. The molecule has 5 heteroatoms. The molecule has 0 saturated carbocycles. The molecule has 2 atom stereocenters. The van der Waals surface area contributed by atoms with E-state index in [9.17, 15) is 4.79 Å². The van der Waals surface area contributed by atoms with Crippen LogP contribution in [0, 0.1) is 0 Å². The highest BCUT2D eigenvalue weighted by molar-refractivity contribution is 5.92. The predicted molar refractivity (Wildman–Crippen MR) is 64.6 cm³/mol. The Morgan fingerprint density at radius 2 is 2.06 bits per heavy atom. The monoisotopic (exact) mass is 235 g/mol. The molecule has 17 heavy (non-hydrogen) atoms. The van der Waals surface area contributed by atoms with Gasteiger partial charge < -0.3 is 15.4 Å². The van der Waals surface area contributed by atoms with Crippen LogP contribution in [0.25, 0.3) is 0 Å². The van der Waals surface area contributed by atoms with Gasteiger partial charge in [-0.05, 0) is 26.0 Å². The second-order valence-corrected chi connectivity index (χ2v) is 4.42. The van der Waals surface area contributed by atoms with Gasteiger partial charge in [0.2, 0.25) is 0 Å². The van der Waals surface area contributed by atoms with Gasteiger partial charge in [-0.15, -0.1) is 0 Å². The van der Waals surface area contributed by atoms with Crippen molar-refractivity contribution in [2.24, 2.45) is 0 Å². The lowest BCUT2D eigenvalue weighted by atomic mass is 10.2. The van der Waals surface area contributed by atoms with Crippen LogP contribution in [-0.4, -0.2) is 41.1 Å². The number of morpholine rings is 1. The van der Waals surface area contributed by atoms with Crippen LogP contribution in [0.5, 0.6) is 0 Å². The minimum atomic E-state index is -0.0840. The van der Waals surface area contributed by atoms with E-state index in [-0.39, 0.29) is 18.1 Å². The van der Waals surface area contributed by atoms with E-state index in [1.807, 2.05) is 13.8 Å². The molecule has 2 unspecified atom stereocenters. The topological polar surface area (TPSA) is 68.5 Å². The van der Waals surface area contributed by atoms with Crippen molar-refractivity contribution in [1.82, 2.24) is 9.88 Å². The first kappa shape index (κ1) is 11.9. The number of ether oxygens (including phenoxy) is 1. The molecule has 0 aromatic carbocycles. The van der Waals surface area contributed by atoms with Gasteiger partial charge in [-0.2, -0.15) is 0 Å². The lowest BCUT2D eigenvalue weighted by Gasteiger charge is -2.35. The van der Waals surface area contributed by atoms with Gasteiger partial charge in [0.25, 0.3) is 5.91 Å². The van der Waals surface area contributed by atoms with Crippen molar-refractivity contribution in [3.8, 4) is 0 Å². The third-order valence-electron chi connectivity index (χ3n) is 2.70. The van der Waals surface area contributed by atoms with E-state index in [4.69, 9.17) is 10.5 Å².